The van der Waals surface area contributed by atoms with Gasteiger partial charge in [-0.25, -0.2) is 4.79 Å². The Morgan fingerprint density at radius 3 is 2.48 bits per heavy atom. The van der Waals surface area contributed by atoms with Crippen LogP contribution in [0.15, 0.2) is 66.9 Å². The SMILES string of the molecule is O=C(NCc1ccc(-c2ccn[nH]2)cc1)OCc1ccccc1. The second-order valence-electron chi connectivity index (χ2n) is 5.08. The van der Waals surface area contributed by atoms with Crippen LogP contribution in [-0.4, -0.2) is 16.3 Å². The van der Waals surface area contributed by atoms with Gasteiger partial charge in [-0.05, 0) is 22.8 Å². The van der Waals surface area contributed by atoms with Crippen LogP contribution in [0.1, 0.15) is 11.1 Å². The third-order valence-electron chi connectivity index (χ3n) is 3.42. The van der Waals surface area contributed by atoms with Crippen LogP contribution in [0.4, 0.5) is 4.79 Å². The van der Waals surface area contributed by atoms with Gasteiger partial charge in [-0.15, -0.1) is 0 Å². The van der Waals surface area contributed by atoms with Crippen LogP contribution in [-0.2, 0) is 17.9 Å². The van der Waals surface area contributed by atoms with Gasteiger partial charge in [-0.1, -0.05) is 54.6 Å². The molecule has 3 aromatic rings. The predicted molar refractivity (Wildman–Crippen MR) is 87.5 cm³/mol. The summed E-state index contributed by atoms with van der Waals surface area (Å²) in [5, 5.41) is 9.59. The molecule has 2 N–H and O–H groups in total. The Labute approximate surface area is 134 Å². The van der Waals surface area contributed by atoms with Gasteiger partial charge in [0, 0.05) is 12.7 Å². The molecule has 0 radical (unpaired) electrons. The molecule has 3 rings (SSSR count). The Bertz CT molecular complexity index is 738. The Kier molecular flexibility index (Phi) is 4.69. The maximum absolute atomic E-state index is 11.7. The lowest BCUT2D eigenvalue weighted by atomic mass is 10.1. The van der Waals surface area contributed by atoms with E-state index in [2.05, 4.69) is 15.5 Å². The van der Waals surface area contributed by atoms with Gasteiger partial charge in [0.1, 0.15) is 6.61 Å². The van der Waals surface area contributed by atoms with Crippen molar-refractivity contribution in [3.8, 4) is 11.3 Å². The minimum absolute atomic E-state index is 0.269. The van der Waals surface area contributed by atoms with Gasteiger partial charge in [-0.2, -0.15) is 5.10 Å². The first kappa shape index (κ1) is 14.8. The van der Waals surface area contributed by atoms with E-state index >= 15 is 0 Å². The monoisotopic (exact) mass is 307 g/mol. The Balaban J connectivity index is 1.47. The molecule has 0 saturated heterocycles. The molecule has 1 amide bonds. The number of carbonyl (C=O) groups is 1. The van der Waals surface area contributed by atoms with Crippen molar-refractivity contribution in [2.24, 2.45) is 0 Å². The summed E-state index contributed by atoms with van der Waals surface area (Å²) in [6.45, 7) is 0.697. The number of amides is 1. The van der Waals surface area contributed by atoms with E-state index in [-0.39, 0.29) is 6.61 Å². The van der Waals surface area contributed by atoms with E-state index in [0.717, 1.165) is 22.4 Å². The van der Waals surface area contributed by atoms with Gasteiger partial charge >= 0.3 is 6.09 Å². The van der Waals surface area contributed by atoms with Crippen LogP contribution < -0.4 is 5.32 Å². The molecule has 0 atom stereocenters. The van der Waals surface area contributed by atoms with E-state index < -0.39 is 6.09 Å². The van der Waals surface area contributed by atoms with E-state index in [4.69, 9.17) is 4.74 Å². The van der Waals surface area contributed by atoms with Crippen LogP contribution in [0, 0.1) is 0 Å². The molecule has 0 saturated carbocycles. The highest BCUT2D eigenvalue weighted by molar-refractivity contribution is 5.67. The quantitative estimate of drug-likeness (QED) is 0.758. The van der Waals surface area contributed by atoms with Crippen molar-refractivity contribution < 1.29 is 9.53 Å². The van der Waals surface area contributed by atoms with Crippen LogP contribution in [0.2, 0.25) is 0 Å². The molecule has 0 aliphatic heterocycles. The number of hydrogen-bond donors (Lipinski definition) is 2. The number of H-pyrrole nitrogens is 1. The smallest absolute Gasteiger partial charge is 0.407 e. The lowest BCUT2D eigenvalue weighted by molar-refractivity contribution is 0.139. The molecule has 0 fully saturated rings. The summed E-state index contributed by atoms with van der Waals surface area (Å²) in [4.78, 5) is 11.7. The lowest BCUT2D eigenvalue weighted by Crippen LogP contribution is -2.23. The fraction of sp³-hybridized carbons (Fsp3) is 0.111. The number of carbonyl (C=O) groups excluding carboxylic acids is 1. The minimum Gasteiger partial charge on any atom is -0.445 e. The van der Waals surface area contributed by atoms with Crippen molar-refractivity contribution in [2.75, 3.05) is 0 Å². The minimum atomic E-state index is -0.425. The Morgan fingerprint density at radius 1 is 1.00 bits per heavy atom. The molecule has 0 aliphatic rings. The summed E-state index contributed by atoms with van der Waals surface area (Å²) < 4.78 is 5.17. The summed E-state index contributed by atoms with van der Waals surface area (Å²) in [5.41, 5.74) is 3.99. The first-order valence-corrected chi connectivity index (χ1v) is 7.34. The zero-order valence-electron chi connectivity index (χ0n) is 12.5. The maximum Gasteiger partial charge on any atom is 0.407 e. The average Bonchev–Trinajstić information content (AvgIpc) is 3.14. The van der Waals surface area contributed by atoms with Gasteiger partial charge < -0.3 is 10.1 Å². The largest absolute Gasteiger partial charge is 0.445 e. The topological polar surface area (TPSA) is 67.0 Å². The number of nitrogens with one attached hydrogen (secondary N) is 2. The fourth-order valence-corrected chi connectivity index (χ4v) is 2.17. The van der Waals surface area contributed by atoms with Crippen LogP contribution >= 0.6 is 0 Å². The third-order valence-corrected chi connectivity index (χ3v) is 3.42. The summed E-state index contributed by atoms with van der Waals surface area (Å²) >= 11 is 0. The zero-order chi connectivity index (χ0) is 15.9. The molecule has 23 heavy (non-hydrogen) atoms. The summed E-state index contributed by atoms with van der Waals surface area (Å²) in [6, 6.07) is 19.4. The second kappa shape index (κ2) is 7.26. The first-order chi connectivity index (χ1) is 11.3. The number of alkyl carbamates (subject to hydrolysis) is 1. The molecule has 116 valence electrons. The first-order valence-electron chi connectivity index (χ1n) is 7.34. The van der Waals surface area contributed by atoms with Crippen molar-refractivity contribution >= 4 is 6.09 Å². The number of nitrogens with zero attached hydrogens (tertiary/aromatic N) is 1. The summed E-state index contributed by atoms with van der Waals surface area (Å²) in [7, 11) is 0. The van der Waals surface area contributed by atoms with E-state index in [9.17, 15) is 4.79 Å². The standard InChI is InChI=1S/C18H17N3O2/c22-18(23-13-15-4-2-1-3-5-15)19-12-14-6-8-16(9-7-14)17-10-11-20-21-17/h1-11H,12-13H2,(H,19,22)(H,20,21). The molecule has 0 unspecified atom stereocenters. The van der Waals surface area contributed by atoms with Crippen molar-refractivity contribution in [1.29, 1.82) is 0 Å². The molecule has 2 aromatic carbocycles. The van der Waals surface area contributed by atoms with Gasteiger partial charge in [-0.3, -0.25) is 5.10 Å². The van der Waals surface area contributed by atoms with Gasteiger partial charge in [0.05, 0.1) is 5.69 Å². The average molecular weight is 307 g/mol. The summed E-state index contributed by atoms with van der Waals surface area (Å²) in [6.07, 6.45) is 1.29. The highest BCUT2D eigenvalue weighted by Gasteiger charge is 2.03. The number of hydrogen-bond acceptors (Lipinski definition) is 3. The van der Waals surface area contributed by atoms with Gasteiger partial charge in [0.15, 0.2) is 0 Å². The van der Waals surface area contributed by atoms with Crippen molar-refractivity contribution in [1.82, 2.24) is 15.5 Å². The number of aromatic amines is 1. The van der Waals surface area contributed by atoms with Crippen molar-refractivity contribution in [3.05, 3.63) is 78.0 Å². The molecule has 1 heterocycles. The van der Waals surface area contributed by atoms with E-state index in [1.54, 1.807) is 6.20 Å². The highest BCUT2D eigenvalue weighted by Crippen LogP contribution is 2.16. The summed E-state index contributed by atoms with van der Waals surface area (Å²) in [5.74, 6) is 0. The molecule has 5 nitrogen and oxygen atoms in total. The number of rotatable bonds is 5. The molecule has 0 aliphatic carbocycles. The van der Waals surface area contributed by atoms with Crippen molar-refractivity contribution in [3.63, 3.8) is 0 Å². The number of ether oxygens (including phenoxy) is 1. The predicted octanol–water partition coefficient (Wildman–Crippen LogP) is 3.50. The third kappa shape index (κ3) is 4.20. The van der Waals surface area contributed by atoms with Gasteiger partial charge in [0.2, 0.25) is 0 Å². The number of benzene rings is 2. The second-order valence-corrected chi connectivity index (χ2v) is 5.08. The highest BCUT2D eigenvalue weighted by atomic mass is 16.5. The van der Waals surface area contributed by atoms with E-state index in [0.29, 0.717) is 6.54 Å². The molecular formula is C18H17N3O2. The van der Waals surface area contributed by atoms with Crippen LogP contribution in [0.3, 0.4) is 0 Å². The number of aromatic nitrogens is 2. The normalized spacial score (nSPS) is 10.3. The van der Waals surface area contributed by atoms with Crippen LogP contribution in [0.25, 0.3) is 11.3 Å². The molecule has 1 aromatic heterocycles. The fourth-order valence-electron chi connectivity index (χ4n) is 2.17. The zero-order valence-corrected chi connectivity index (χ0v) is 12.5. The Morgan fingerprint density at radius 2 is 1.78 bits per heavy atom. The van der Waals surface area contributed by atoms with Crippen LogP contribution in [0.5, 0.6) is 0 Å². The molecular weight excluding hydrogens is 290 g/mol. The van der Waals surface area contributed by atoms with E-state index in [1.165, 1.54) is 0 Å². The lowest BCUT2D eigenvalue weighted by Gasteiger charge is -2.07. The maximum atomic E-state index is 11.7. The Hall–Kier alpha value is -3.08. The molecule has 5 heteroatoms. The van der Waals surface area contributed by atoms with Gasteiger partial charge in [0.25, 0.3) is 0 Å². The molecule has 0 spiro atoms. The molecule has 0 bridgehead atoms. The van der Waals surface area contributed by atoms with Crippen molar-refractivity contribution in [2.45, 2.75) is 13.2 Å². The van der Waals surface area contributed by atoms with E-state index in [1.807, 2.05) is 60.7 Å².